The van der Waals surface area contributed by atoms with Crippen LogP contribution in [0.4, 0.5) is 5.95 Å². The molecule has 0 aliphatic carbocycles. The molecule has 0 saturated heterocycles. The molecule has 78 valence electrons. The maximum Gasteiger partial charge on any atom is 0.225 e. The van der Waals surface area contributed by atoms with Gasteiger partial charge in [-0.1, -0.05) is 20.8 Å². The summed E-state index contributed by atoms with van der Waals surface area (Å²) in [5.41, 5.74) is 0.215. The third kappa shape index (κ3) is 3.60. The highest BCUT2D eigenvalue weighted by Crippen LogP contribution is 2.14. The molecular weight excluding hydrogens is 178 g/mol. The van der Waals surface area contributed by atoms with Gasteiger partial charge < -0.3 is 10.1 Å². The summed E-state index contributed by atoms with van der Waals surface area (Å²) in [7, 11) is 1.59. The van der Waals surface area contributed by atoms with Crippen LogP contribution >= 0.6 is 0 Å². The fourth-order valence-electron chi connectivity index (χ4n) is 0.885. The minimum atomic E-state index is 0.215. The Morgan fingerprint density at radius 1 is 1.43 bits per heavy atom. The van der Waals surface area contributed by atoms with Crippen molar-refractivity contribution in [2.24, 2.45) is 5.41 Å². The minimum Gasteiger partial charge on any atom is -0.481 e. The number of rotatable bonds is 3. The highest BCUT2D eigenvalue weighted by Gasteiger charge is 2.10. The second-order valence-corrected chi connectivity index (χ2v) is 4.34. The molecule has 1 rings (SSSR count). The number of ether oxygens (including phenoxy) is 1. The van der Waals surface area contributed by atoms with Crippen molar-refractivity contribution in [1.82, 2.24) is 9.97 Å². The van der Waals surface area contributed by atoms with Gasteiger partial charge in [-0.2, -0.15) is 4.98 Å². The second kappa shape index (κ2) is 4.26. The molecule has 0 aliphatic heterocycles. The third-order valence-electron chi connectivity index (χ3n) is 1.62. The maximum atomic E-state index is 5.00. The SMILES string of the molecule is COc1ccnc(NCC(C)(C)C)n1. The molecule has 4 heteroatoms. The zero-order valence-electron chi connectivity index (χ0n) is 9.16. The van der Waals surface area contributed by atoms with Crippen molar-refractivity contribution in [2.45, 2.75) is 20.8 Å². The first-order valence-electron chi connectivity index (χ1n) is 4.62. The normalized spacial score (nSPS) is 11.1. The van der Waals surface area contributed by atoms with Crippen LogP contribution in [0.25, 0.3) is 0 Å². The first-order chi connectivity index (χ1) is 6.51. The van der Waals surface area contributed by atoms with E-state index >= 15 is 0 Å². The number of methoxy groups -OCH3 is 1. The lowest BCUT2D eigenvalue weighted by atomic mass is 9.97. The molecule has 1 aromatic heterocycles. The first-order valence-corrected chi connectivity index (χ1v) is 4.62. The summed E-state index contributed by atoms with van der Waals surface area (Å²) in [6.45, 7) is 7.29. The molecule has 0 atom stereocenters. The molecule has 1 heterocycles. The lowest BCUT2D eigenvalue weighted by Gasteiger charge is -2.18. The van der Waals surface area contributed by atoms with Crippen molar-refractivity contribution in [3.8, 4) is 5.88 Å². The molecule has 0 aromatic carbocycles. The Hall–Kier alpha value is -1.32. The van der Waals surface area contributed by atoms with Crippen LogP contribution in [0.3, 0.4) is 0 Å². The van der Waals surface area contributed by atoms with Crippen LogP contribution in [-0.2, 0) is 0 Å². The minimum absolute atomic E-state index is 0.215. The summed E-state index contributed by atoms with van der Waals surface area (Å²) < 4.78 is 5.00. The first kappa shape index (κ1) is 10.8. The lowest BCUT2D eigenvalue weighted by molar-refractivity contribution is 0.396. The van der Waals surface area contributed by atoms with E-state index in [0.29, 0.717) is 11.8 Å². The Morgan fingerprint density at radius 3 is 2.71 bits per heavy atom. The van der Waals surface area contributed by atoms with Crippen molar-refractivity contribution < 1.29 is 4.74 Å². The van der Waals surface area contributed by atoms with E-state index in [4.69, 9.17) is 4.74 Å². The quantitative estimate of drug-likeness (QED) is 0.800. The zero-order valence-corrected chi connectivity index (χ0v) is 9.16. The van der Waals surface area contributed by atoms with Crippen LogP contribution in [0.2, 0.25) is 0 Å². The molecule has 0 radical (unpaired) electrons. The van der Waals surface area contributed by atoms with Gasteiger partial charge in [-0.05, 0) is 5.41 Å². The molecule has 0 fully saturated rings. The van der Waals surface area contributed by atoms with Crippen molar-refractivity contribution in [1.29, 1.82) is 0 Å². The number of hydrogen-bond acceptors (Lipinski definition) is 4. The van der Waals surface area contributed by atoms with Gasteiger partial charge >= 0.3 is 0 Å². The van der Waals surface area contributed by atoms with Gasteiger partial charge in [0.25, 0.3) is 0 Å². The van der Waals surface area contributed by atoms with Gasteiger partial charge in [0.05, 0.1) is 7.11 Å². The second-order valence-electron chi connectivity index (χ2n) is 4.34. The predicted octanol–water partition coefficient (Wildman–Crippen LogP) is 1.94. The Labute approximate surface area is 84.7 Å². The molecule has 0 amide bonds. The number of aromatic nitrogens is 2. The number of nitrogens with zero attached hydrogens (tertiary/aromatic N) is 2. The summed E-state index contributed by atoms with van der Waals surface area (Å²) in [6.07, 6.45) is 1.68. The Balaban J connectivity index is 2.59. The maximum absolute atomic E-state index is 5.00. The van der Waals surface area contributed by atoms with Crippen LogP contribution in [0.15, 0.2) is 12.3 Å². The smallest absolute Gasteiger partial charge is 0.225 e. The van der Waals surface area contributed by atoms with Gasteiger partial charge in [0.15, 0.2) is 0 Å². The van der Waals surface area contributed by atoms with E-state index < -0.39 is 0 Å². The summed E-state index contributed by atoms with van der Waals surface area (Å²) in [4.78, 5) is 8.24. The van der Waals surface area contributed by atoms with Crippen LogP contribution < -0.4 is 10.1 Å². The van der Waals surface area contributed by atoms with Crippen LogP contribution in [0, 0.1) is 5.41 Å². The van der Waals surface area contributed by atoms with Crippen LogP contribution in [0.5, 0.6) is 5.88 Å². The lowest BCUT2D eigenvalue weighted by Crippen LogP contribution is -2.20. The molecule has 4 nitrogen and oxygen atoms in total. The fraction of sp³-hybridized carbons (Fsp3) is 0.600. The van der Waals surface area contributed by atoms with Crippen LogP contribution in [0.1, 0.15) is 20.8 Å². The van der Waals surface area contributed by atoms with Gasteiger partial charge in [0.1, 0.15) is 0 Å². The summed E-state index contributed by atoms with van der Waals surface area (Å²) >= 11 is 0. The van der Waals surface area contributed by atoms with Gasteiger partial charge in [-0.15, -0.1) is 0 Å². The van der Waals surface area contributed by atoms with Crippen molar-refractivity contribution >= 4 is 5.95 Å². The highest BCUT2D eigenvalue weighted by molar-refractivity contribution is 5.27. The predicted molar refractivity (Wildman–Crippen MR) is 56.5 cm³/mol. The van der Waals surface area contributed by atoms with Gasteiger partial charge in [-0.3, -0.25) is 0 Å². The van der Waals surface area contributed by atoms with E-state index in [-0.39, 0.29) is 5.41 Å². The molecule has 0 saturated carbocycles. The van der Waals surface area contributed by atoms with E-state index in [2.05, 4.69) is 36.1 Å². The van der Waals surface area contributed by atoms with E-state index in [0.717, 1.165) is 6.54 Å². The van der Waals surface area contributed by atoms with E-state index in [1.54, 1.807) is 19.4 Å². The largest absolute Gasteiger partial charge is 0.481 e. The van der Waals surface area contributed by atoms with E-state index in [9.17, 15) is 0 Å². The van der Waals surface area contributed by atoms with Gasteiger partial charge in [0.2, 0.25) is 11.8 Å². The molecule has 1 N–H and O–H groups in total. The monoisotopic (exact) mass is 195 g/mol. The van der Waals surface area contributed by atoms with Gasteiger partial charge in [0, 0.05) is 18.8 Å². The van der Waals surface area contributed by atoms with E-state index in [1.165, 1.54) is 0 Å². The topological polar surface area (TPSA) is 47.0 Å². The Kier molecular flexibility index (Phi) is 3.28. The van der Waals surface area contributed by atoms with E-state index in [1.807, 2.05) is 0 Å². The molecule has 0 spiro atoms. The van der Waals surface area contributed by atoms with Gasteiger partial charge in [-0.25, -0.2) is 4.98 Å². The molecule has 0 aliphatic rings. The summed E-state index contributed by atoms with van der Waals surface area (Å²) in [5.74, 6) is 1.19. The van der Waals surface area contributed by atoms with Crippen LogP contribution in [-0.4, -0.2) is 23.6 Å². The van der Waals surface area contributed by atoms with Crippen molar-refractivity contribution in [3.63, 3.8) is 0 Å². The van der Waals surface area contributed by atoms with Crippen molar-refractivity contribution in [2.75, 3.05) is 19.0 Å². The molecule has 1 aromatic rings. The number of nitrogens with one attached hydrogen (secondary N) is 1. The number of hydrogen-bond donors (Lipinski definition) is 1. The Morgan fingerprint density at radius 2 is 2.14 bits per heavy atom. The summed E-state index contributed by atoms with van der Waals surface area (Å²) in [6, 6.07) is 1.72. The van der Waals surface area contributed by atoms with Crippen molar-refractivity contribution in [3.05, 3.63) is 12.3 Å². The third-order valence-corrected chi connectivity index (χ3v) is 1.62. The molecular formula is C10H17N3O. The molecule has 14 heavy (non-hydrogen) atoms. The average Bonchev–Trinajstić information content (AvgIpc) is 2.14. The molecule has 0 unspecified atom stereocenters. The summed E-state index contributed by atoms with van der Waals surface area (Å²) in [5, 5.41) is 3.16. The number of anilines is 1. The molecule has 0 bridgehead atoms. The standard InChI is InChI=1S/C10H17N3O/c1-10(2,3)7-12-9-11-6-5-8(13-9)14-4/h5-6H,7H2,1-4H3,(H,11,12,13). The highest BCUT2D eigenvalue weighted by atomic mass is 16.5. The average molecular weight is 195 g/mol. The fourth-order valence-corrected chi connectivity index (χ4v) is 0.885. The Bertz CT molecular complexity index is 294. The zero-order chi connectivity index (χ0) is 10.6.